The third-order valence-electron chi connectivity index (χ3n) is 6.32. The van der Waals surface area contributed by atoms with Crippen LogP contribution in [0.15, 0.2) is 60.7 Å². The average Bonchev–Trinajstić information content (AvgIpc) is 2.86. The molecule has 190 valence electrons. The van der Waals surface area contributed by atoms with Gasteiger partial charge < -0.3 is 21.5 Å². The minimum atomic E-state index is -3.24. The smallest absolute Gasteiger partial charge is 0.251 e. The lowest BCUT2D eigenvalue weighted by atomic mass is 9.96. The van der Waals surface area contributed by atoms with Gasteiger partial charge in [0.2, 0.25) is 10.0 Å². The summed E-state index contributed by atoms with van der Waals surface area (Å²) in [7, 11) is -3.24. The van der Waals surface area contributed by atoms with Crippen molar-refractivity contribution in [3.8, 4) is 11.1 Å². The third kappa shape index (κ3) is 5.93. The van der Waals surface area contributed by atoms with Crippen molar-refractivity contribution in [1.82, 2.24) is 9.62 Å². The Labute approximate surface area is 212 Å². The Morgan fingerprint density at radius 1 is 1.14 bits per heavy atom. The molecule has 1 aliphatic rings. The zero-order valence-electron chi connectivity index (χ0n) is 20.5. The van der Waals surface area contributed by atoms with E-state index in [0.717, 1.165) is 39.2 Å². The molecule has 0 aliphatic carbocycles. The van der Waals surface area contributed by atoms with Gasteiger partial charge in [-0.3, -0.25) is 4.79 Å². The Bertz CT molecular complexity index is 1350. The number of carbonyl (C=O) groups excluding carboxylic acids is 1. The molecule has 1 atom stereocenters. The van der Waals surface area contributed by atoms with E-state index in [9.17, 15) is 18.3 Å². The first kappa shape index (κ1) is 25.8. The first-order valence-corrected chi connectivity index (χ1v) is 13.7. The van der Waals surface area contributed by atoms with Crippen LogP contribution in [-0.2, 0) is 29.5 Å². The molecule has 0 saturated heterocycles. The molecule has 0 aromatic heterocycles. The second-order valence-corrected chi connectivity index (χ2v) is 11.1. The number of benzene rings is 3. The molecule has 0 saturated carbocycles. The Balaban J connectivity index is 1.58. The Morgan fingerprint density at radius 2 is 1.89 bits per heavy atom. The molecule has 1 amide bonds. The first-order chi connectivity index (χ1) is 17.2. The van der Waals surface area contributed by atoms with Gasteiger partial charge in [-0.2, -0.15) is 4.31 Å². The zero-order valence-corrected chi connectivity index (χ0v) is 21.3. The van der Waals surface area contributed by atoms with Crippen molar-refractivity contribution in [3.05, 3.63) is 82.9 Å². The number of rotatable bonds is 8. The second kappa shape index (κ2) is 10.8. The molecular weight excluding hydrogens is 476 g/mol. The van der Waals surface area contributed by atoms with Crippen LogP contribution in [0.1, 0.15) is 34.0 Å². The summed E-state index contributed by atoms with van der Waals surface area (Å²) < 4.78 is 25.5. The molecule has 4 rings (SSSR count). The van der Waals surface area contributed by atoms with Crippen molar-refractivity contribution >= 4 is 27.3 Å². The fraction of sp³-hybridized carbons (Fsp3) is 0.296. The maximum Gasteiger partial charge on any atom is 0.251 e. The van der Waals surface area contributed by atoms with E-state index in [0.29, 0.717) is 31.6 Å². The van der Waals surface area contributed by atoms with Gasteiger partial charge in [0.1, 0.15) is 0 Å². The number of hydrogen-bond donors (Lipinski definition) is 4. The van der Waals surface area contributed by atoms with Crippen LogP contribution < -0.4 is 16.4 Å². The summed E-state index contributed by atoms with van der Waals surface area (Å²) in [5.74, 6) is -0.236. The quantitative estimate of drug-likeness (QED) is 0.371. The van der Waals surface area contributed by atoms with Gasteiger partial charge in [-0.25, -0.2) is 8.42 Å². The van der Waals surface area contributed by atoms with Crippen LogP contribution in [0.5, 0.6) is 0 Å². The maximum absolute atomic E-state index is 12.3. The van der Waals surface area contributed by atoms with Gasteiger partial charge in [-0.1, -0.05) is 30.3 Å². The number of nitrogens with zero attached hydrogens (tertiary/aromatic N) is 1. The minimum Gasteiger partial charge on any atom is -0.392 e. The Hall–Kier alpha value is -3.24. The second-order valence-electron chi connectivity index (χ2n) is 9.13. The minimum absolute atomic E-state index is 0.196. The van der Waals surface area contributed by atoms with Crippen molar-refractivity contribution in [2.24, 2.45) is 5.73 Å². The van der Waals surface area contributed by atoms with E-state index >= 15 is 0 Å². The van der Waals surface area contributed by atoms with Crippen molar-refractivity contribution in [3.63, 3.8) is 0 Å². The Morgan fingerprint density at radius 3 is 2.56 bits per heavy atom. The lowest BCUT2D eigenvalue weighted by Gasteiger charge is -2.28. The van der Waals surface area contributed by atoms with Gasteiger partial charge in [-0.05, 0) is 71.5 Å². The monoisotopic (exact) mass is 508 g/mol. The van der Waals surface area contributed by atoms with Gasteiger partial charge in [0.05, 0.1) is 12.4 Å². The fourth-order valence-corrected chi connectivity index (χ4v) is 5.18. The van der Waals surface area contributed by atoms with Crippen molar-refractivity contribution in [2.75, 3.05) is 24.7 Å². The molecule has 0 fully saturated rings. The maximum atomic E-state index is 12.3. The number of anilines is 2. The average molecular weight is 509 g/mol. The first-order valence-electron chi connectivity index (χ1n) is 11.9. The predicted octanol–water partition coefficient (Wildman–Crippen LogP) is 2.98. The molecule has 3 aromatic rings. The standard InChI is InChI=1S/C27H32N4O4S/c1-18(32)16-29-27(33)20-8-6-19(7-9-20)25-14-23(11-10-21(25)15-28)30-26-5-3-4-22-17-31(36(2,34)35)13-12-24(22)26/h3-11,14,18,30,32H,12-13,15-17,28H2,1-2H3,(H,29,33). The van der Waals surface area contributed by atoms with E-state index in [1.807, 2.05) is 48.5 Å². The molecule has 0 radical (unpaired) electrons. The number of carbonyl (C=O) groups is 1. The van der Waals surface area contributed by atoms with E-state index in [1.54, 1.807) is 19.1 Å². The highest BCUT2D eigenvalue weighted by Crippen LogP contribution is 2.32. The van der Waals surface area contributed by atoms with Crippen molar-refractivity contribution < 1.29 is 18.3 Å². The number of aliphatic hydroxyl groups is 1. The molecule has 3 aromatic carbocycles. The molecule has 0 spiro atoms. The van der Waals surface area contributed by atoms with Crippen LogP contribution in [-0.4, -0.2) is 49.2 Å². The van der Waals surface area contributed by atoms with Crippen LogP contribution in [0.25, 0.3) is 11.1 Å². The zero-order chi connectivity index (χ0) is 25.9. The van der Waals surface area contributed by atoms with E-state index in [-0.39, 0.29) is 12.5 Å². The van der Waals surface area contributed by atoms with Crippen molar-refractivity contribution in [1.29, 1.82) is 0 Å². The van der Waals surface area contributed by atoms with Crippen LogP contribution >= 0.6 is 0 Å². The number of hydrogen-bond acceptors (Lipinski definition) is 6. The molecule has 1 heterocycles. The summed E-state index contributed by atoms with van der Waals surface area (Å²) in [6.45, 7) is 3.01. The van der Waals surface area contributed by atoms with Crippen LogP contribution in [0.4, 0.5) is 11.4 Å². The third-order valence-corrected chi connectivity index (χ3v) is 7.57. The highest BCUT2D eigenvalue weighted by atomic mass is 32.2. The van der Waals surface area contributed by atoms with Gasteiger partial charge in [0.25, 0.3) is 5.91 Å². The molecule has 8 nitrogen and oxygen atoms in total. The van der Waals surface area contributed by atoms with E-state index < -0.39 is 16.1 Å². The number of fused-ring (bicyclic) bond motifs is 1. The van der Waals surface area contributed by atoms with Gasteiger partial charge in [-0.15, -0.1) is 0 Å². The van der Waals surface area contributed by atoms with Gasteiger partial charge in [0, 0.05) is 43.1 Å². The van der Waals surface area contributed by atoms with Gasteiger partial charge >= 0.3 is 0 Å². The molecule has 9 heteroatoms. The van der Waals surface area contributed by atoms with Gasteiger partial charge in [0.15, 0.2) is 0 Å². The highest BCUT2D eigenvalue weighted by Gasteiger charge is 2.24. The number of amides is 1. The van der Waals surface area contributed by atoms with Crippen LogP contribution in [0.3, 0.4) is 0 Å². The summed E-state index contributed by atoms with van der Waals surface area (Å²) in [6, 6.07) is 19.2. The molecule has 36 heavy (non-hydrogen) atoms. The number of aliphatic hydroxyl groups excluding tert-OH is 1. The Kier molecular flexibility index (Phi) is 7.75. The normalized spacial score (nSPS) is 14.7. The lowest BCUT2D eigenvalue weighted by molar-refractivity contribution is 0.0924. The van der Waals surface area contributed by atoms with E-state index in [1.165, 1.54) is 10.6 Å². The molecule has 5 N–H and O–H groups in total. The number of nitrogens with two attached hydrogens (primary N) is 1. The largest absolute Gasteiger partial charge is 0.392 e. The number of sulfonamides is 1. The lowest BCUT2D eigenvalue weighted by Crippen LogP contribution is -2.35. The summed E-state index contributed by atoms with van der Waals surface area (Å²) in [5, 5.41) is 15.6. The summed E-state index contributed by atoms with van der Waals surface area (Å²) in [4.78, 5) is 12.3. The van der Waals surface area contributed by atoms with E-state index in [4.69, 9.17) is 5.73 Å². The predicted molar refractivity (Wildman–Crippen MR) is 142 cm³/mol. The SMILES string of the molecule is CC(O)CNC(=O)c1ccc(-c2cc(Nc3cccc4c3CCN(S(C)(=O)=O)C4)ccc2CN)cc1. The van der Waals surface area contributed by atoms with Crippen LogP contribution in [0.2, 0.25) is 0 Å². The van der Waals surface area contributed by atoms with Crippen LogP contribution in [0, 0.1) is 0 Å². The molecule has 1 unspecified atom stereocenters. The molecule has 1 aliphatic heterocycles. The fourth-order valence-electron chi connectivity index (χ4n) is 4.38. The summed E-state index contributed by atoms with van der Waals surface area (Å²) in [5.41, 5.74) is 13.4. The number of nitrogens with one attached hydrogen (secondary N) is 2. The summed E-state index contributed by atoms with van der Waals surface area (Å²) >= 11 is 0. The van der Waals surface area contributed by atoms with E-state index in [2.05, 4.69) is 10.6 Å². The van der Waals surface area contributed by atoms with Crippen molar-refractivity contribution in [2.45, 2.75) is 32.5 Å². The molecule has 0 bridgehead atoms. The topological polar surface area (TPSA) is 125 Å². The summed E-state index contributed by atoms with van der Waals surface area (Å²) in [6.07, 6.45) is 1.27. The highest BCUT2D eigenvalue weighted by molar-refractivity contribution is 7.88. The molecular formula is C27H32N4O4S.